The van der Waals surface area contributed by atoms with E-state index in [-0.39, 0.29) is 18.2 Å². The standard InChI is InChI=1S/C20H23NO4/c1-3-25-17-11-9-16(10-12-17)21-20(24)18(13-19(22)23)14(2)15-7-5-4-6-8-15/h4-12,14,18H,3,13H2,1-2H3,(H,21,24)(H,22,23)/p-1/t14-,18+/m0/s1. The second kappa shape index (κ2) is 8.87. The Kier molecular flexibility index (Phi) is 6.57. The van der Waals surface area contributed by atoms with Crippen LogP contribution in [-0.4, -0.2) is 18.5 Å². The molecule has 132 valence electrons. The van der Waals surface area contributed by atoms with E-state index in [2.05, 4.69) is 5.32 Å². The smallest absolute Gasteiger partial charge is 0.228 e. The molecule has 25 heavy (non-hydrogen) atoms. The van der Waals surface area contributed by atoms with Crippen LogP contribution in [0.2, 0.25) is 0 Å². The zero-order valence-corrected chi connectivity index (χ0v) is 14.4. The van der Waals surface area contributed by atoms with Crippen LogP contribution in [0.15, 0.2) is 54.6 Å². The molecule has 0 aliphatic rings. The molecule has 2 rings (SSSR count). The van der Waals surface area contributed by atoms with E-state index >= 15 is 0 Å². The molecule has 0 saturated heterocycles. The predicted octanol–water partition coefficient (Wildman–Crippen LogP) is 2.58. The van der Waals surface area contributed by atoms with Gasteiger partial charge < -0.3 is 20.0 Å². The number of carboxylic acid groups (broad SMARTS) is 1. The highest BCUT2D eigenvalue weighted by molar-refractivity contribution is 5.94. The number of hydrogen-bond donors (Lipinski definition) is 1. The molecule has 0 aliphatic heterocycles. The number of carbonyl (C=O) groups is 2. The van der Waals surface area contributed by atoms with Crippen LogP contribution in [0.5, 0.6) is 5.75 Å². The van der Waals surface area contributed by atoms with Crippen molar-refractivity contribution in [1.29, 1.82) is 0 Å². The van der Waals surface area contributed by atoms with Gasteiger partial charge in [-0.1, -0.05) is 37.3 Å². The maximum Gasteiger partial charge on any atom is 0.228 e. The third-order valence-electron chi connectivity index (χ3n) is 4.09. The van der Waals surface area contributed by atoms with Crippen molar-refractivity contribution >= 4 is 17.6 Å². The molecule has 1 N–H and O–H groups in total. The van der Waals surface area contributed by atoms with Crippen LogP contribution in [0.4, 0.5) is 5.69 Å². The van der Waals surface area contributed by atoms with Gasteiger partial charge in [-0.2, -0.15) is 0 Å². The lowest BCUT2D eigenvalue weighted by Gasteiger charge is -2.24. The molecule has 0 aliphatic carbocycles. The SMILES string of the molecule is CCOc1ccc(NC(=O)[C@H](CC(=O)[O-])[C@@H](C)c2ccccc2)cc1. The number of anilines is 1. The summed E-state index contributed by atoms with van der Waals surface area (Å²) in [6.45, 7) is 4.31. The normalized spacial score (nSPS) is 12.9. The summed E-state index contributed by atoms with van der Waals surface area (Å²) in [4.78, 5) is 23.8. The molecule has 0 heterocycles. The molecule has 1 amide bonds. The first-order valence-corrected chi connectivity index (χ1v) is 8.29. The highest BCUT2D eigenvalue weighted by Crippen LogP contribution is 2.28. The Hall–Kier alpha value is -2.82. The first kappa shape index (κ1) is 18.5. The Morgan fingerprint density at radius 2 is 1.72 bits per heavy atom. The number of rotatable bonds is 8. The minimum atomic E-state index is -1.24. The minimum absolute atomic E-state index is 0.248. The number of nitrogens with one attached hydrogen (secondary N) is 1. The average molecular weight is 340 g/mol. The lowest BCUT2D eigenvalue weighted by molar-refractivity contribution is -0.306. The Morgan fingerprint density at radius 3 is 2.28 bits per heavy atom. The lowest BCUT2D eigenvalue weighted by atomic mass is 9.84. The molecule has 0 saturated carbocycles. The van der Waals surface area contributed by atoms with Gasteiger partial charge >= 0.3 is 0 Å². The summed E-state index contributed by atoms with van der Waals surface area (Å²) in [7, 11) is 0. The van der Waals surface area contributed by atoms with Crippen LogP contribution < -0.4 is 15.2 Å². The van der Waals surface area contributed by atoms with Crippen molar-refractivity contribution in [2.75, 3.05) is 11.9 Å². The second-order valence-corrected chi connectivity index (χ2v) is 5.83. The van der Waals surface area contributed by atoms with Gasteiger partial charge in [0.15, 0.2) is 0 Å². The van der Waals surface area contributed by atoms with Gasteiger partial charge in [-0.3, -0.25) is 4.79 Å². The minimum Gasteiger partial charge on any atom is -0.550 e. The number of hydrogen-bond acceptors (Lipinski definition) is 4. The number of ether oxygens (including phenoxy) is 1. The molecular weight excluding hydrogens is 318 g/mol. The van der Waals surface area contributed by atoms with E-state index in [9.17, 15) is 14.7 Å². The van der Waals surface area contributed by atoms with Gasteiger partial charge in [0.1, 0.15) is 5.75 Å². The van der Waals surface area contributed by atoms with Crippen LogP contribution >= 0.6 is 0 Å². The summed E-state index contributed by atoms with van der Waals surface area (Å²) in [6.07, 6.45) is -0.334. The van der Waals surface area contributed by atoms with Gasteiger partial charge in [-0.25, -0.2) is 0 Å². The van der Waals surface area contributed by atoms with E-state index in [0.29, 0.717) is 18.0 Å². The quantitative estimate of drug-likeness (QED) is 0.801. The fourth-order valence-electron chi connectivity index (χ4n) is 2.70. The number of aliphatic carboxylic acids is 1. The average Bonchev–Trinajstić information content (AvgIpc) is 2.61. The number of benzene rings is 2. The molecule has 2 aromatic carbocycles. The van der Waals surface area contributed by atoms with Gasteiger partial charge in [0.05, 0.1) is 12.5 Å². The largest absolute Gasteiger partial charge is 0.550 e. The summed E-state index contributed by atoms with van der Waals surface area (Å²) in [5.41, 5.74) is 1.51. The molecule has 2 atom stereocenters. The fourth-order valence-corrected chi connectivity index (χ4v) is 2.70. The highest BCUT2D eigenvalue weighted by Gasteiger charge is 2.26. The van der Waals surface area contributed by atoms with Gasteiger partial charge in [0, 0.05) is 11.7 Å². The fraction of sp³-hybridized carbons (Fsp3) is 0.300. The first-order chi connectivity index (χ1) is 12.0. The third-order valence-corrected chi connectivity index (χ3v) is 4.09. The molecule has 0 spiro atoms. The Morgan fingerprint density at radius 1 is 1.08 bits per heavy atom. The highest BCUT2D eigenvalue weighted by atomic mass is 16.5. The maximum atomic E-state index is 12.6. The van der Waals surface area contributed by atoms with Gasteiger partial charge in [-0.05, 0) is 49.1 Å². The number of carboxylic acids is 1. The van der Waals surface area contributed by atoms with Crippen LogP contribution in [0.3, 0.4) is 0 Å². The van der Waals surface area contributed by atoms with Crippen LogP contribution in [0, 0.1) is 5.92 Å². The van der Waals surface area contributed by atoms with E-state index in [4.69, 9.17) is 4.74 Å². The molecule has 2 aromatic rings. The second-order valence-electron chi connectivity index (χ2n) is 5.83. The molecule has 0 aromatic heterocycles. The molecule has 0 radical (unpaired) electrons. The third kappa shape index (κ3) is 5.35. The number of amides is 1. The summed E-state index contributed by atoms with van der Waals surface area (Å²) >= 11 is 0. The number of carbonyl (C=O) groups excluding carboxylic acids is 2. The van der Waals surface area contributed by atoms with Crippen molar-refractivity contribution in [3.8, 4) is 5.75 Å². The Labute approximate surface area is 147 Å². The van der Waals surface area contributed by atoms with Crippen molar-refractivity contribution in [2.45, 2.75) is 26.2 Å². The van der Waals surface area contributed by atoms with Crippen molar-refractivity contribution in [3.63, 3.8) is 0 Å². The van der Waals surface area contributed by atoms with E-state index in [1.165, 1.54) is 0 Å². The zero-order chi connectivity index (χ0) is 18.2. The molecule has 0 unspecified atom stereocenters. The van der Waals surface area contributed by atoms with Gasteiger partial charge in [0.2, 0.25) is 5.91 Å². The monoisotopic (exact) mass is 340 g/mol. The van der Waals surface area contributed by atoms with Crippen molar-refractivity contribution in [3.05, 3.63) is 60.2 Å². The molecule has 0 fully saturated rings. The molecular formula is C20H22NO4-. The molecule has 0 bridgehead atoms. The summed E-state index contributed by atoms with van der Waals surface area (Å²) in [5.74, 6) is -1.84. The zero-order valence-electron chi connectivity index (χ0n) is 14.4. The summed E-state index contributed by atoms with van der Waals surface area (Å²) < 4.78 is 5.36. The maximum absolute atomic E-state index is 12.6. The van der Waals surface area contributed by atoms with Crippen LogP contribution in [-0.2, 0) is 9.59 Å². The summed E-state index contributed by atoms with van der Waals surface area (Å²) in [5, 5.41) is 13.9. The van der Waals surface area contributed by atoms with E-state index < -0.39 is 11.9 Å². The van der Waals surface area contributed by atoms with E-state index in [1.54, 1.807) is 24.3 Å². The Bertz CT molecular complexity index is 697. The van der Waals surface area contributed by atoms with Gasteiger partial charge in [0.25, 0.3) is 0 Å². The lowest BCUT2D eigenvalue weighted by Crippen LogP contribution is -2.34. The van der Waals surface area contributed by atoms with Crippen LogP contribution in [0.1, 0.15) is 31.7 Å². The first-order valence-electron chi connectivity index (χ1n) is 8.29. The van der Waals surface area contributed by atoms with Crippen molar-refractivity contribution < 1.29 is 19.4 Å². The van der Waals surface area contributed by atoms with Crippen molar-refractivity contribution in [2.24, 2.45) is 5.92 Å². The van der Waals surface area contributed by atoms with E-state index in [1.807, 2.05) is 44.2 Å². The summed E-state index contributed by atoms with van der Waals surface area (Å²) in [6, 6.07) is 16.4. The van der Waals surface area contributed by atoms with Crippen molar-refractivity contribution in [1.82, 2.24) is 0 Å². The molecule has 5 heteroatoms. The topological polar surface area (TPSA) is 78.5 Å². The van der Waals surface area contributed by atoms with E-state index in [0.717, 1.165) is 5.56 Å². The predicted molar refractivity (Wildman–Crippen MR) is 94.2 cm³/mol. The Balaban J connectivity index is 2.13. The van der Waals surface area contributed by atoms with Gasteiger partial charge in [-0.15, -0.1) is 0 Å². The van der Waals surface area contributed by atoms with Crippen LogP contribution in [0.25, 0.3) is 0 Å². The molecule has 5 nitrogen and oxygen atoms in total.